The molecule has 0 aromatic rings. The molecule has 0 saturated heterocycles. The van der Waals surface area contributed by atoms with Gasteiger partial charge in [-0.1, -0.05) is 46.5 Å². The maximum Gasteiger partial charge on any atom is 0.0863 e. The topological polar surface area (TPSA) is 44.0 Å². The van der Waals surface area contributed by atoms with Gasteiger partial charge in [-0.15, -0.1) is 0 Å². The normalized spacial score (nSPS) is 42.4. The van der Waals surface area contributed by atoms with Crippen LogP contribution >= 0.6 is 0 Å². The van der Waals surface area contributed by atoms with Crippen LogP contribution in [0.5, 0.6) is 0 Å². The molecular weight excluding hydrogens is 246 g/mol. The third-order valence-corrected chi connectivity index (χ3v) is 6.24. The quantitative estimate of drug-likeness (QED) is 0.814. The van der Waals surface area contributed by atoms with Gasteiger partial charge in [0, 0.05) is 0 Å². The van der Waals surface area contributed by atoms with Crippen LogP contribution in [0, 0.1) is 34.5 Å². The van der Waals surface area contributed by atoms with Crippen LogP contribution in [0.3, 0.4) is 0 Å². The Hall–Kier alpha value is -0.550. The lowest BCUT2D eigenvalue weighted by atomic mass is 9.55. The van der Waals surface area contributed by atoms with Crippen molar-refractivity contribution in [1.82, 2.24) is 0 Å². The molecule has 2 saturated carbocycles. The molecule has 0 heterocycles. The summed E-state index contributed by atoms with van der Waals surface area (Å²) >= 11 is 0. The summed E-state index contributed by atoms with van der Waals surface area (Å²) in [6.45, 7) is 6.73. The van der Waals surface area contributed by atoms with E-state index in [1.807, 2.05) is 0 Å². The highest BCUT2D eigenvalue weighted by atomic mass is 16.3. The van der Waals surface area contributed by atoms with Crippen LogP contribution in [0.4, 0.5) is 0 Å². The maximum absolute atomic E-state index is 11.4. The monoisotopic (exact) mass is 277 g/mol. The first-order valence-corrected chi connectivity index (χ1v) is 8.60. The Morgan fingerprint density at radius 1 is 1.20 bits per heavy atom. The Morgan fingerprint density at radius 3 is 2.50 bits per heavy atom. The fourth-order valence-electron chi connectivity index (χ4n) is 4.66. The molecule has 0 radical (unpaired) electrons. The molecule has 0 bridgehead atoms. The van der Waals surface area contributed by atoms with Gasteiger partial charge in [-0.25, -0.2) is 0 Å². The van der Waals surface area contributed by atoms with Gasteiger partial charge in [-0.2, -0.15) is 5.26 Å². The van der Waals surface area contributed by atoms with Crippen LogP contribution in [0.15, 0.2) is 0 Å². The second-order valence-corrected chi connectivity index (χ2v) is 7.70. The van der Waals surface area contributed by atoms with E-state index in [4.69, 9.17) is 0 Å². The van der Waals surface area contributed by atoms with Gasteiger partial charge in [0.15, 0.2) is 0 Å². The highest BCUT2D eigenvalue weighted by molar-refractivity contribution is 5.14. The van der Waals surface area contributed by atoms with E-state index in [0.717, 1.165) is 44.9 Å². The van der Waals surface area contributed by atoms with Crippen molar-refractivity contribution < 1.29 is 5.11 Å². The minimum absolute atomic E-state index is 0.473. The Morgan fingerprint density at radius 2 is 1.90 bits per heavy atom. The van der Waals surface area contributed by atoms with Crippen molar-refractivity contribution in [2.24, 2.45) is 23.2 Å². The number of hydrogen-bond acceptors (Lipinski definition) is 2. The molecule has 2 heteroatoms. The number of nitrogens with zero attached hydrogens (tertiary/aromatic N) is 1. The van der Waals surface area contributed by atoms with E-state index in [0.29, 0.717) is 17.8 Å². The number of aliphatic hydroxyl groups is 1. The van der Waals surface area contributed by atoms with E-state index in [1.54, 1.807) is 0 Å². The van der Waals surface area contributed by atoms with Crippen LogP contribution < -0.4 is 0 Å². The standard InChI is InChI=1S/C18H31NO/c1-4-15-7-5-9-17(11-15,13-19)18(20)10-6-8-16(12-18)14(2)3/h14-16,20H,4-12H2,1-3H3. The molecule has 0 aromatic heterocycles. The summed E-state index contributed by atoms with van der Waals surface area (Å²) < 4.78 is 0. The van der Waals surface area contributed by atoms with Crippen molar-refractivity contribution in [2.45, 2.75) is 84.2 Å². The number of hydrogen-bond donors (Lipinski definition) is 1. The largest absolute Gasteiger partial charge is 0.388 e. The summed E-state index contributed by atoms with van der Waals surface area (Å²) in [4.78, 5) is 0. The first kappa shape index (κ1) is 15.8. The zero-order valence-corrected chi connectivity index (χ0v) is 13.5. The van der Waals surface area contributed by atoms with E-state index in [-0.39, 0.29) is 0 Å². The van der Waals surface area contributed by atoms with Gasteiger partial charge in [0.2, 0.25) is 0 Å². The predicted molar refractivity (Wildman–Crippen MR) is 82.0 cm³/mol. The summed E-state index contributed by atoms with van der Waals surface area (Å²) in [5, 5.41) is 21.2. The zero-order chi connectivity index (χ0) is 14.8. The minimum Gasteiger partial charge on any atom is -0.388 e. The molecule has 2 fully saturated rings. The summed E-state index contributed by atoms with van der Waals surface area (Å²) in [6, 6.07) is 2.60. The lowest BCUT2D eigenvalue weighted by Crippen LogP contribution is -2.53. The molecule has 4 unspecified atom stereocenters. The van der Waals surface area contributed by atoms with Crippen molar-refractivity contribution in [3.05, 3.63) is 0 Å². The van der Waals surface area contributed by atoms with Crippen molar-refractivity contribution >= 4 is 0 Å². The highest BCUT2D eigenvalue weighted by Gasteiger charge is 2.54. The molecule has 0 aliphatic heterocycles. The third kappa shape index (κ3) is 2.75. The SMILES string of the molecule is CCC1CCCC(C#N)(C2(O)CCCC(C(C)C)C2)C1. The van der Waals surface area contributed by atoms with Crippen molar-refractivity contribution in [3.8, 4) is 6.07 Å². The van der Waals surface area contributed by atoms with Gasteiger partial charge in [0.1, 0.15) is 0 Å². The van der Waals surface area contributed by atoms with Gasteiger partial charge >= 0.3 is 0 Å². The average Bonchev–Trinajstić information content (AvgIpc) is 2.47. The molecule has 2 rings (SSSR count). The fraction of sp³-hybridized carbons (Fsp3) is 0.944. The van der Waals surface area contributed by atoms with Crippen molar-refractivity contribution in [3.63, 3.8) is 0 Å². The maximum atomic E-state index is 11.4. The first-order valence-electron chi connectivity index (χ1n) is 8.60. The van der Waals surface area contributed by atoms with Gasteiger partial charge in [-0.05, 0) is 49.9 Å². The van der Waals surface area contributed by atoms with Crippen molar-refractivity contribution in [1.29, 1.82) is 5.26 Å². The highest BCUT2D eigenvalue weighted by Crippen LogP contribution is 2.54. The second-order valence-electron chi connectivity index (χ2n) is 7.70. The third-order valence-electron chi connectivity index (χ3n) is 6.24. The Balaban J connectivity index is 2.23. The van der Waals surface area contributed by atoms with Crippen LogP contribution in [0.25, 0.3) is 0 Å². The smallest absolute Gasteiger partial charge is 0.0863 e. The molecule has 1 N–H and O–H groups in total. The predicted octanol–water partition coefficient (Wildman–Crippen LogP) is 4.67. The first-order chi connectivity index (χ1) is 9.46. The fourth-order valence-corrected chi connectivity index (χ4v) is 4.66. The average molecular weight is 277 g/mol. The number of nitriles is 1. The van der Waals surface area contributed by atoms with Crippen LogP contribution in [-0.4, -0.2) is 10.7 Å². The zero-order valence-electron chi connectivity index (χ0n) is 13.5. The molecule has 2 aliphatic carbocycles. The van der Waals surface area contributed by atoms with Gasteiger partial charge in [0.05, 0.1) is 17.1 Å². The van der Waals surface area contributed by atoms with Gasteiger partial charge in [-0.3, -0.25) is 0 Å². The van der Waals surface area contributed by atoms with E-state index < -0.39 is 11.0 Å². The van der Waals surface area contributed by atoms with E-state index >= 15 is 0 Å². The summed E-state index contributed by atoms with van der Waals surface area (Å²) in [5.41, 5.74) is -1.21. The Labute approximate surface area is 124 Å². The Kier molecular flexibility index (Phi) is 4.80. The van der Waals surface area contributed by atoms with Crippen LogP contribution in [0.2, 0.25) is 0 Å². The van der Waals surface area contributed by atoms with Crippen LogP contribution in [0.1, 0.15) is 78.6 Å². The van der Waals surface area contributed by atoms with E-state index in [1.165, 1.54) is 12.8 Å². The summed E-state index contributed by atoms with van der Waals surface area (Å²) in [6.07, 6.45) is 9.30. The molecule has 114 valence electrons. The molecule has 4 atom stereocenters. The lowest BCUT2D eigenvalue weighted by molar-refractivity contribution is -0.121. The molecule has 2 nitrogen and oxygen atoms in total. The summed E-state index contributed by atoms with van der Waals surface area (Å²) in [7, 11) is 0. The van der Waals surface area contributed by atoms with Gasteiger partial charge in [0.25, 0.3) is 0 Å². The number of rotatable bonds is 3. The van der Waals surface area contributed by atoms with Gasteiger partial charge < -0.3 is 5.11 Å². The molecule has 20 heavy (non-hydrogen) atoms. The molecule has 0 amide bonds. The molecule has 0 spiro atoms. The van der Waals surface area contributed by atoms with Crippen molar-refractivity contribution in [2.75, 3.05) is 0 Å². The minimum atomic E-state index is -0.733. The van der Waals surface area contributed by atoms with Crippen LogP contribution in [-0.2, 0) is 0 Å². The summed E-state index contributed by atoms with van der Waals surface area (Å²) in [5.74, 6) is 1.83. The lowest BCUT2D eigenvalue weighted by Gasteiger charge is -2.51. The van der Waals surface area contributed by atoms with E-state index in [9.17, 15) is 10.4 Å². The molecule has 2 aliphatic rings. The van der Waals surface area contributed by atoms with E-state index in [2.05, 4.69) is 26.8 Å². The second kappa shape index (κ2) is 6.06. The molecular formula is C18H31NO. The molecule has 0 aromatic carbocycles. The Bertz CT molecular complexity index is 372.